The number of piperidine rings is 2. The van der Waals surface area contributed by atoms with Gasteiger partial charge in [0.25, 0.3) is 0 Å². The number of quaternary nitrogens is 2. The molecule has 2 heterocycles. The summed E-state index contributed by atoms with van der Waals surface area (Å²) >= 11 is 0. The fourth-order valence-corrected chi connectivity index (χ4v) is 7.84. The zero-order valence-electron chi connectivity index (χ0n) is 24.6. The van der Waals surface area contributed by atoms with Crippen molar-refractivity contribution < 1.29 is 14.6 Å². The number of hydrogen-bond acceptors (Lipinski definition) is 1. The molecule has 4 rings (SSSR count). The number of nitrogens with zero attached hydrogens (tertiary/aromatic N) is 1. The van der Waals surface area contributed by atoms with Crippen LogP contribution < -0.4 is 9.80 Å². The smallest absolute Gasteiger partial charge is 0.225 e. The molecule has 0 aromatic heterocycles. The van der Waals surface area contributed by atoms with Gasteiger partial charge in [-0.15, -0.1) is 0 Å². The predicted octanol–water partition coefficient (Wildman–Crippen LogP) is 3.96. The van der Waals surface area contributed by atoms with Crippen LogP contribution >= 0.6 is 0 Å². The quantitative estimate of drug-likeness (QED) is 0.489. The fraction of sp³-hybridized carbons (Fsp3) is 0.788. The van der Waals surface area contributed by atoms with Gasteiger partial charge in [0.15, 0.2) is 0 Å². The molecule has 208 valence electrons. The molecule has 0 bridgehead atoms. The standard InChI is InChI=1S/C33H55N3O/c1-5-29(33(37)34(3)4)23-26(2)30-13-11-28(12-14-30)25-36-21-17-32(18-22-36)31-15-19-35(20-16-31)24-27-9-7-6-8-10-27/h11-14,26-27,29,31-32H,5-10,15-25H2,1-4H3/p+2. The van der Waals surface area contributed by atoms with E-state index in [1.807, 2.05) is 19.0 Å². The molecule has 2 aliphatic heterocycles. The highest BCUT2D eigenvalue weighted by atomic mass is 16.2. The lowest BCUT2D eigenvalue weighted by molar-refractivity contribution is -0.921. The summed E-state index contributed by atoms with van der Waals surface area (Å²) in [5, 5.41) is 0. The number of carbonyl (C=O) groups excluding carboxylic acids is 1. The third-order valence-corrected chi connectivity index (χ3v) is 10.4. The first kappa shape index (κ1) is 28.6. The lowest BCUT2D eigenvalue weighted by Crippen LogP contribution is -3.14. The minimum atomic E-state index is 0.126. The summed E-state index contributed by atoms with van der Waals surface area (Å²) in [5.74, 6) is 3.83. The van der Waals surface area contributed by atoms with Crippen LogP contribution in [0.5, 0.6) is 0 Å². The van der Waals surface area contributed by atoms with Crippen molar-refractivity contribution in [2.24, 2.45) is 23.7 Å². The lowest BCUT2D eigenvalue weighted by atomic mass is 9.78. The average Bonchev–Trinajstić information content (AvgIpc) is 2.93. The Morgan fingerprint density at radius 2 is 1.43 bits per heavy atom. The monoisotopic (exact) mass is 511 g/mol. The highest BCUT2D eigenvalue weighted by Crippen LogP contribution is 2.29. The highest BCUT2D eigenvalue weighted by Gasteiger charge is 2.33. The topological polar surface area (TPSA) is 29.2 Å². The van der Waals surface area contributed by atoms with Crippen LogP contribution in [0.25, 0.3) is 0 Å². The molecule has 1 aromatic rings. The molecule has 2 saturated heterocycles. The molecule has 37 heavy (non-hydrogen) atoms. The number of nitrogens with one attached hydrogen (secondary N) is 2. The Hall–Kier alpha value is -1.39. The SMILES string of the molecule is CCC(CC(C)c1ccc(C[NH+]2CCC(C3CC[NH+](CC4CCCCC4)CC3)CC2)cc1)C(=O)N(C)C. The Kier molecular flexibility index (Phi) is 10.9. The molecular weight excluding hydrogens is 454 g/mol. The second kappa shape index (κ2) is 14.1. The van der Waals surface area contributed by atoms with E-state index in [2.05, 4.69) is 38.1 Å². The molecule has 2 unspecified atom stereocenters. The maximum atomic E-state index is 12.5. The van der Waals surface area contributed by atoms with Crippen molar-refractivity contribution in [2.75, 3.05) is 46.8 Å². The van der Waals surface area contributed by atoms with E-state index in [4.69, 9.17) is 0 Å². The average molecular weight is 512 g/mol. The van der Waals surface area contributed by atoms with Gasteiger partial charge in [-0.05, 0) is 74.7 Å². The van der Waals surface area contributed by atoms with E-state index in [0.29, 0.717) is 5.92 Å². The zero-order valence-corrected chi connectivity index (χ0v) is 24.6. The molecule has 4 nitrogen and oxygen atoms in total. The zero-order chi connectivity index (χ0) is 26.2. The number of carbonyl (C=O) groups is 1. The van der Waals surface area contributed by atoms with Gasteiger partial charge < -0.3 is 14.7 Å². The van der Waals surface area contributed by atoms with Crippen LogP contribution in [0, 0.1) is 23.7 Å². The Labute approximate surface area is 228 Å². The number of hydrogen-bond donors (Lipinski definition) is 2. The molecule has 1 aromatic carbocycles. The molecule has 2 N–H and O–H groups in total. The second-order valence-electron chi connectivity index (χ2n) is 13.3. The summed E-state index contributed by atoms with van der Waals surface area (Å²) in [6.07, 6.45) is 15.2. The highest BCUT2D eigenvalue weighted by molar-refractivity contribution is 5.78. The van der Waals surface area contributed by atoms with E-state index in [-0.39, 0.29) is 11.8 Å². The van der Waals surface area contributed by atoms with Gasteiger partial charge in [-0.25, -0.2) is 0 Å². The molecule has 0 spiro atoms. The lowest BCUT2D eigenvalue weighted by Gasteiger charge is -2.38. The van der Waals surface area contributed by atoms with Crippen LogP contribution in [-0.2, 0) is 11.3 Å². The van der Waals surface area contributed by atoms with Gasteiger partial charge in [-0.2, -0.15) is 0 Å². The van der Waals surface area contributed by atoms with Gasteiger partial charge in [0, 0.05) is 31.5 Å². The van der Waals surface area contributed by atoms with Crippen LogP contribution in [0.2, 0.25) is 0 Å². The van der Waals surface area contributed by atoms with E-state index >= 15 is 0 Å². The molecule has 4 heteroatoms. The van der Waals surface area contributed by atoms with E-state index < -0.39 is 0 Å². The van der Waals surface area contributed by atoms with Crippen molar-refractivity contribution in [3.05, 3.63) is 35.4 Å². The minimum absolute atomic E-state index is 0.126. The summed E-state index contributed by atoms with van der Waals surface area (Å²) < 4.78 is 0. The molecule has 1 aliphatic carbocycles. The van der Waals surface area contributed by atoms with Gasteiger partial charge in [0.1, 0.15) is 6.54 Å². The molecule has 3 aliphatic rings. The van der Waals surface area contributed by atoms with Crippen LogP contribution in [0.15, 0.2) is 24.3 Å². The van der Waals surface area contributed by atoms with Crippen molar-refractivity contribution in [1.82, 2.24) is 4.90 Å². The fourth-order valence-electron chi connectivity index (χ4n) is 7.84. The maximum absolute atomic E-state index is 12.5. The number of rotatable bonds is 10. The Morgan fingerprint density at radius 1 is 0.865 bits per heavy atom. The van der Waals surface area contributed by atoms with E-state index in [0.717, 1.165) is 30.6 Å². The van der Waals surface area contributed by atoms with Crippen molar-refractivity contribution in [3.8, 4) is 0 Å². The molecule has 2 atom stereocenters. The summed E-state index contributed by atoms with van der Waals surface area (Å²) in [6, 6.07) is 9.35. The maximum Gasteiger partial charge on any atom is 0.225 e. The van der Waals surface area contributed by atoms with E-state index in [1.54, 1.807) is 9.80 Å². The van der Waals surface area contributed by atoms with Crippen molar-refractivity contribution in [2.45, 2.75) is 96.9 Å². The van der Waals surface area contributed by atoms with Crippen LogP contribution in [0.1, 0.15) is 102 Å². The van der Waals surface area contributed by atoms with Crippen LogP contribution in [0.4, 0.5) is 0 Å². The Balaban J connectivity index is 1.16. The Bertz CT molecular complexity index is 799. The normalized spacial score (nSPS) is 29.0. The molecule has 0 radical (unpaired) electrons. The van der Waals surface area contributed by atoms with Crippen molar-refractivity contribution >= 4 is 5.91 Å². The summed E-state index contributed by atoms with van der Waals surface area (Å²) in [5.41, 5.74) is 2.85. The first-order chi connectivity index (χ1) is 17.9. The number of benzene rings is 1. The van der Waals surface area contributed by atoms with E-state index in [1.165, 1.54) is 108 Å². The van der Waals surface area contributed by atoms with Crippen molar-refractivity contribution in [1.29, 1.82) is 0 Å². The van der Waals surface area contributed by atoms with Crippen LogP contribution in [-0.4, -0.2) is 57.6 Å². The van der Waals surface area contributed by atoms with Gasteiger partial charge in [-0.3, -0.25) is 4.79 Å². The summed E-state index contributed by atoms with van der Waals surface area (Å²) in [4.78, 5) is 17.9. The largest absolute Gasteiger partial charge is 0.349 e. The molecular formula is C33H57N3O+2. The Morgan fingerprint density at radius 3 is 1.97 bits per heavy atom. The van der Waals surface area contributed by atoms with Gasteiger partial charge in [0.2, 0.25) is 5.91 Å². The van der Waals surface area contributed by atoms with E-state index in [9.17, 15) is 4.79 Å². The first-order valence-corrected chi connectivity index (χ1v) is 15.9. The number of amides is 1. The summed E-state index contributed by atoms with van der Waals surface area (Å²) in [6.45, 7) is 12.6. The number of likely N-dealkylation sites (tertiary alicyclic amines) is 2. The van der Waals surface area contributed by atoms with Gasteiger partial charge in [0.05, 0.1) is 32.7 Å². The van der Waals surface area contributed by atoms with Crippen LogP contribution in [0.3, 0.4) is 0 Å². The first-order valence-electron chi connectivity index (χ1n) is 15.9. The summed E-state index contributed by atoms with van der Waals surface area (Å²) in [7, 11) is 3.75. The van der Waals surface area contributed by atoms with Gasteiger partial charge >= 0.3 is 0 Å². The predicted molar refractivity (Wildman–Crippen MR) is 154 cm³/mol. The van der Waals surface area contributed by atoms with Crippen molar-refractivity contribution in [3.63, 3.8) is 0 Å². The molecule has 1 amide bonds. The third kappa shape index (κ3) is 8.30. The third-order valence-electron chi connectivity index (χ3n) is 10.4. The molecule has 1 saturated carbocycles. The second-order valence-corrected chi connectivity index (χ2v) is 13.3. The molecule has 3 fully saturated rings. The van der Waals surface area contributed by atoms with Gasteiger partial charge in [-0.1, -0.05) is 57.4 Å². The minimum Gasteiger partial charge on any atom is -0.349 e.